The van der Waals surface area contributed by atoms with Gasteiger partial charge in [-0.1, -0.05) is 0 Å². The summed E-state index contributed by atoms with van der Waals surface area (Å²) in [6.45, 7) is 3.53. The summed E-state index contributed by atoms with van der Waals surface area (Å²) in [4.78, 5) is 5.76. The van der Waals surface area contributed by atoms with Gasteiger partial charge in [-0.05, 0) is 21.0 Å². The molecule has 15 heavy (non-hydrogen) atoms. The number of hydrogen-bond donors (Lipinski definition) is 2. The van der Waals surface area contributed by atoms with Crippen LogP contribution in [0.4, 0.5) is 0 Å². The van der Waals surface area contributed by atoms with Gasteiger partial charge >= 0.3 is 0 Å². The van der Waals surface area contributed by atoms with Crippen molar-refractivity contribution < 1.29 is 9.52 Å². The van der Waals surface area contributed by atoms with Crippen LogP contribution >= 0.6 is 0 Å². The molecule has 5 nitrogen and oxygen atoms in total. The van der Waals surface area contributed by atoms with E-state index in [-0.39, 0.29) is 0 Å². The van der Waals surface area contributed by atoms with Crippen molar-refractivity contribution in [2.75, 3.05) is 27.2 Å². The fourth-order valence-corrected chi connectivity index (χ4v) is 1.52. The number of aromatic nitrogens is 1. The van der Waals surface area contributed by atoms with Crippen LogP contribution < -0.4 is 5.32 Å². The van der Waals surface area contributed by atoms with Crippen molar-refractivity contribution >= 4 is 0 Å². The summed E-state index contributed by atoms with van der Waals surface area (Å²) >= 11 is 0. The summed E-state index contributed by atoms with van der Waals surface area (Å²) in [7, 11) is 3.87. The van der Waals surface area contributed by atoms with Gasteiger partial charge in [0.15, 0.2) is 6.39 Å². The average Bonchev–Trinajstić information content (AvgIpc) is 2.53. The number of hydrogen-bond acceptors (Lipinski definition) is 5. The fourth-order valence-electron chi connectivity index (χ4n) is 1.52. The van der Waals surface area contributed by atoms with E-state index in [1.165, 1.54) is 6.39 Å². The van der Waals surface area contributed by atoms with Gasteiger partial charge in [-0.3, -0.25) is 0 Å². The zero-order valence-corrected chi connectivity index (χ0v) is 9.53. The SMILES string of the molecule is CN(C)CC(C)(O)CNCc1cnco1. The molecular formula is C10H19N3O2. The minimum atomic E-state index is -0.733. The van der Waals surface area contributed by atoms with E-state index in [0.717, 1.165) is 5.76 Å². The van der Waals surface area contributed by atoms with Crippen LogP contribution in [0.1, 0.15) is 12.7 Å². The quantitative estimate of drug-likeness (QED) is 0.700. The maximum atomic E-state index is 9.96. The van der Waals surface area contributed by atoms with Crippen molar-refractivity contribution in [3.63, 3.8) is 0 Å². The Morgan fingerprint density at radius 1 is 1.60 bits per heavy atom. The first kappa shape index (κ1) is 12.2. The molecule has 1 atom stereocenters. The lowest BCUT2D eigenvalue weighted by atomic mass is 10.1. The van der Waals surface area contributed by atoms with Gasteiger partial charge in [0.05, 0.1) is 18.3 Å². The number of oxazole rings is 1. The van der Waals surface area contributed by atoms with E-state index in [4.69, 9.17) is 4.42 Å². The fraction of sp³-hybridized carbons (Fsp3) is 0.700. The van der Waals surface area contributed by atoms with Crippen molar-refractivity contribution in [2.24, 2.45) is 0 Å². The monoisotopic (exact) mass is 213 g/mol. The van der Waals surface area contributed by atoms with Gasteiger partial charge in [-0.15, -0.1) is 0 Å². The Bertz CT molecular complexity index is 270. The van der Waals surface area contributed by atoms with Crippen LogP contribution in [0.25, 0.3) is 0 Å². The van der Waals surface area contributed by atoms with E-state index in [1.807, 2.05) is 19.0 Å². The topological polar surface area (TPSA) is 61.5 Å². The van der Waals surface area contributed by atoms with Gasteiger partial charge in [0.1, 0.15) is 5.76 Å². The van der Waals surface area contributed by atoms with Gasteiger partial charge in [-0.25, -0.2) is 4.98 Å². The number of rotatable bonds is 6. The highest BCUT2D eigenvalue weighted by atomic mass is 16.3. The molecule has 2 N–H and O–H groups in total. The highest BCUT2D eigenvalue weighted by Crippen LogP contribution is 2.03. The molecule has 0 amide bonds. The smallest absolute Gasteiger partial charge is 0.180 e. The minimum absolute atomic E-state index is 0.520. The summed E-state index contributed by atoms with van der Waals surface area (Å²) in [5.41, 5.74) is -0.733. The van der Waals surface area contributed by atoms with Crippen LogP contribution in [0.3, 0.4) is 0 Å². The Labute approximate surface area is 90.1 Å². The van der Waals surface area contributed by atoms with E-state index in [9.17, 15) is 5.11 Å². The molecule has 0 aliphatic carbocycles. The molecule has 0 aromatic carbocycles. The Morgan fingerprint density at radius 3 is 2.87 bits per heavy atom. The van der Waals surface area contributed by atoms with E-state index >= 15 is 0 Å². The number of aliphatic hydroxyl groups is 1. The molecule has 1 aromatic rings. The van der Waals surface area contributed by atoms with Crippen LogP contribution in [0.15, 0.2) is 17.0 Å². The third-order valence-electron chi connectivity index (χ3n) is 1.95. The minimum Gasteiger partial charge on any atom is -0.447 e. The number of nitrogens with one attached hydrogen (secondary N) is 1. The van der Waals surface area contributed by atoms with Gasteiger partial charge in [-0.2, -0.15) is 0 Å². The highest BCUT2D eigenvalue weighted by molar-refractivity contribution is 4.88. The second-order valence-corrected chi connectivity index (χ2v) is 4.31. The molecule has 1 unspecified atom stereocenters. The van der Waals surface area contributed by atoms with Crippen LogP contribution in [0.5, 0.6) is 0 Å². The first-order chi connectivity index (χ1) is 6.99. The number of likely N-dealkylation sites (N-methyl/N-ethyl adjacent to an activating group) is 1. The van der Waals surface area contributed by atoms with Crippen molar-refractivity contribution in [2.45, 2.75) is 19.1 Å². The second kappa shape index (κ2) is 5.25. The summed E-state index contributed by atoms with van der Waals surface area (Å²) < 4.78 is 5.06. The van der Waals surface area contributed by atoms with Crippen molar-refractivity contribution in [3.8, 4) is 0 Å². The molecule has 0 aliphatic rings. The van der Waals surface area contributed by atoms with Crippen molar-refractivity contribution in [1.29, 1.82) is 0 Å². The number of nitrogens with zero attached hydrogens (tertiary/aromatic N) is 2. The van der Waals surface area contributed by atoms with E-state index in [2.05, 4.69) is 10.3 Å². The summed E-state index contributed by atoms with van der Waals surface area (Å²) in [6, 6.07) is 0. The van der Waals surface area contributed by atoms with Gasteiger partial charge < -0.3 is 19.7 Å². The Balaban J connectivity index is 2.24. The summed E-state index contributed by atoms with van der Waals surface area (Å²) in [5.74, 6) is 0.774. The molecule has 0 spiro atoms. The molecule has 0 saturated carbocycles. The predicted molar refractivity (Wildman–Crippen MR) is 57.4 cm³/mol. The molecule has 0 saturated heterocycles. The molecule has 1 heterocycles. The zero-order chi connectivity index (χ0) is 11.3. The van der Waals surface area contributed by atoms with Crippen LogP contribution in [0.2, 0.25) is 0 Å². The highest BCUT2D eigenvalue weighted by Gasteiger charge is 2.20. The molecule has 1 aromatic heterocycles. The molecule has 0 aliphatic heterocycles. The van der Waals surface area contributed by atoms with E-state index in [0.29, 0.717) is 19.6 Å². The molecule has 5 heteroatoms. The lowest BCUT2D eigenvalue weighted by Gasteiger charge is -2.26. The molecule has 86 valence electrons. The van der Waals surface area contributed by atoms with Crippen LogP contribution in [-0.4, -0.2) is 47.8 Å². The molecular weight excluding hydrogens is 194 g/mol. The third kappa shape index (κ3) is 4.92. The average molecular weight is 213 g/mol. The Hall–Kier alpha value is -0.910. The third-order valence-corrected chi connectivity index (χ3v) is 1.95. The summed E-state index contributed by atoms with van der Waals surface area (Å²) in [6.07, 6.45) is 3.06. The largest absolute Gasteiger partial charge is 0.447 e. The normalized spacial score (nSPS) is 15.5. The van der Waals surface area contributed by atoms with Crippen LogP contribution in [0, 0.1) is 0 Å². The van der Waals surface area contributed by atoms with Crippen LogP contribution in [-0.2, 0) is 6.54 Å². The first-order valence-corrected chi connectivity index (χ1v) is 4.95. The standard InChI is InChI=1S/C10H19N3O2/c1-10(14,7-13(2)3)6-11-4-9-5-12-8-15-9/h5,8,11,14H,4,6-7H2,1-3H3. The van der Waals surface area contributed by atoms with Gasteiger partial charge in [0.25, 0.3) is 0 Å². The van der Waals surface area contributed by atoms with Crippen molar-refractivity contribution in [1.82, 2.24) is 15.2 Å². The maximum Gasteiger partial charge on any atom is 0.180 e. The lowest BCUT2D eigenvalue weighted by Crippen LogP contribution is -2.45. The van der Waals surface area contributed by atoms with Gasteiger partial charge in [0, 0.05) is 13.1 Å². The summed E-state index contributed by atoms with van der Waals surface area (Å²) in [5, 5.41) is 13.1. The lowest BCUT2D eigenvalue weighted by molar-refractivity contribution is 0.0332. The van der Waals surface area contributed by atoms with Gasteiger partial charge in [0.2, 0.25) is 0 Å². The first-order valence-electron chi connectivity index (χ1n) is 4.95. The molecule has 1 rings (SSSR count). The zero-order valence-electron chi connectivity index (χ0n) is 9.53. The predicted octanol–water partition coefficient (Wildman–Crippen LogP) is 0.0768. The van der Waals surface area contributed by atoms with E-state index < -0.39 is 5.60 Å². The maximum absolute atomic E-state index is 9.96. The Morgan fingerprint density at radius 2 is 2.33 bits per heavy atom. The Kier molecular flexibility index (Phi) is 4.26. The van der Waals surface area contributed by atoms with Crippen molar-refractivity contribution in [3.05, 3.63) is 18.4 Å². The molecule has 0 radical (unpaired) electrons. The molecule has 0 fully saturated rings. The second-order valence-electron chi connectivity index (χ2n) is 4.31. The van der Waals surface area contributed by atoms with E-state index in [1.54, 1.807) is 13.1 Å². The molecule has 0 bridgehead atoms.